The van der Waals surface area contributed by atoms with Gasteiger partial charge in [0.1, 0.15) is 0 Å². The van der Waals surface area contributed by atoms with Crippen LogP contribution >= 0.6 is 0 Å². The van der Waals surface area contributed by atoms with Crippen LogP contribution in [0, 0.1) is 6.57 Å². The van der Waals surface area contributed by atoms with Crippen LogP contribution in [0.5, 0.6) is 0 Å². The predicted molar refractivity (Wildman–Crippen MR) is 79.8 cm³/mol. The first-order chi connectivity index (χ1) is 9.79. The summed E-state index contributed by atoms with van der Waals surface area (Å²) in [7, 11) is 0. The van der Waals surface area contributed by atoms with Crippen molar-refractivity contribution in [1.82, 2.24) is 4.98 Å². The van der Waals surface area contributed by atoms with Gasteiger partial charge in [0, 0.05) is 5.92 Å². The highest BCUT2D eigenvalue weighted by Gasteiger charge is 2.11. The molecule has 0 bridgehead atoms. The van der Waals surface area contributed by atoms with Crippen molar-refractivity contribution in [2.24, 2.45) is 0 Å². The van der Waals surface area contributed by atoms with Crippen molar-refractivity contribution < 1.29 is 4.42 Å². The van der Waals surface area contributed by atoms with Crippen LogP contribution in [0.4, 0.5) is 5.88 Å². The van der Waals surface area contributed by atoms with E-state index in [0.29, 0.717) is 11.8 Å². The van der Waals surface area contributed by atoms with Crippen molar-refractivity contribution in [3.63, 3.8) is 0 Å². The molecule has 0 aliphatic carbocycles. The largest absolute Gasteiger partial charge is 0.467 e. The monoisotopic (exact) mass is 268 g/mol. The van der Waals surface area contributed by atoms with E-state index in [2.05, 4.69) is 47.1 Å². The third-order valence-electron chi connectivity index (χ3n) is 3.49. The minimum atomic E-state index is 0.288. The Morgan fingerprint density at radius 3 is 2.70 bits per heavy atom. The van der Waals surface area contributed by atoms with Crippen LogP contribution < -0.4 is 0 Å². The van der Waals surface area contributed by atoms with E-state index in [-0.39, 0.29) is 5.88 Å². The molecule has 0 amide bonds. The standard InChI is InChI=1S/C17H20N2O/c1-14(17-19-13-16(18-2)20-17)9-5-3-6-10-15-11-7-4-8-12-15/h4,7-8,11-14H,3,5-6,9-10H2,1H3. The number of hydrogen-bond acceptors (Lipinski definition) is 2. The van der Waals surface area contributed by atoms with Gasteiger partial charge in [0.25, 0.3) is 0 Å². The molecule has 3 heteroatoms. The SMILES string of the molecule is [C-]#[N+]c1cnc(C(C)CCCCCc2ccccc2)o1. The van der Waals surface area contributed by atoms with Crippen LogP contribution in [0.2, 0.25) is 0 Å². The molecule has 1 atom stereocenters. The summed E-state index contributed by atoms with van der Waals surface area (Å²) in [5, 5.41) is 0. The molecule has 1 aromatic heterocycles. The van der Waals surface area contributed by atoms with E-state index < -0.39 is 0 Å². The molecule has 1 aromatic carbocycles. The fourth-order valence-electron chi connectivity index (χ4n) is 2.28. The molecular weight excluding hydrogens is 248 g/mol. The summed E-state index contributed by atoms with van der Waals surface area (Å²) in [6, 6.07) is 10.6. The van der Waals surface area contributed by atoms with E-state index in [9.17, 15) is 0 Å². The van der Waals surface area contributed by atoms with Gasteiger partial charge in [-0.2, -0.15) is 4.85 Å². The van der Waals surface area contributed by atoms with E-state index >= 15 is 0 Å². The number of benzene rings is 1. The third kappa shape index (κ3) is 4.24. The lowest BCUT2D eigenvalue weighted by atomic mass is 10.0. The van der Waals surface area contributed by atoms with Gasteiger partial charge in [-0.25, -0.2) is 4.98 Å². The molecular formula is C17H20N2O. The topological polar surface area (TPSA) is 30.4 Å². The van der Waals surface area contributed by atoms with E-state index in [1.54, 1.807) is 0 Å². The molecule has 1 unspecified atom stereocenters. The first kappa shape index (κ1) is 14.3. The predicted octanol–water partition coefficient (Wildman–Crippen LogP) is 5.13. The zero-order chi connectivity index (χ0) is 14.2. The number of aryl methyl sites for hydroxylation is 1. The van der Waals surface area contributed by atoms with Crippen LogP contribution in [0.25, 0.3) is 4.85 Å². The summed E-state index contributed by atoms with van der Waals surface area (Å²) in [5.74, 6) is 1.28. The summed E-state index contributed by atoms with van der Waals surface area (Å²) in [5.41, 5.74) is 1.41. The number of nitrogens with zero attached hydrogens (tertiary/aromatic N) is 2. The molecule has 0 radical (unpaired) electrons. The second kappa shape index (κ2) is 7.49. The second-order valence-corrected chi connectivity index (χ2v) is 5.13. The number of hydrogen-bond donors (Lipinski definition) is 0. The van der Waals surface area contributed by atoms with Gasteiger partial charge in [-0.1, -0.05) is 50.1 Å². The summed E-state index contributed by atoms with van der Waals surface area (Å²) < 4.78 is 5.36. The molecule has 3 nitrogen and oxygen atoms in total. The van der Waals surface area contributed by atoms with E-state index in [1.165, 1.54) is 31.0 Å². The first-order valence-corrected chi connectivity index (χ1v) is 7.16. The summed E-state index contributed by atoms with van der Waals surface area (Å²) in [4.78, 5) is 7.39. The first-order valence-electron chi connectivity index (χ1n) is 7.16. The minimum absolute atomic E-state index is 0.288. The number of unbranched alkanes of at least 4 members (excludes halogenated alkanes) is 2. The van der Waals surface area contributed by atoms with Gasteiger partial charge in [0.2, 0.25) is 0 Å². The van der Waals surface area contributed by atoms with Crippen molar-refractivity contribution in [1.29, 1.82) is 0 Å². The molecule has 20 heavy (non-hydrogen) atoms. The minimum Gasteiger partial charge on any atom is -0.467 e. The normalized spacial score (nSPS) is 12.0. The molecule has 0 N–H and O–H groups in total. The van der Waals surface area contributed by atoms with Crippen molar-refractivity contribution in [2.45, 2.75) is 44.9 Å². The van der Waals surface area contributed by atoms with E-state index in [4.69, 9.17) is 11.0 Å². The fourth-order valence-corrected chi connectivity index (χ4v) is 2.28. The molecule has 1 heterocycles. The highest BCUT2D eigenvalue weighted by Crippen LogP contribution is 2.24. The fraction of sp³-hybridized carbons (Fsp3) is 0.412. The number of aromatic nitrogens is 1. The molecule has 2 aromatic rings. The molecule has 0 aliphatic rings. The van der Waals surface area contributed by atoms with E-state index in [0.717, 1.165) is 12.8 Å². The Labute approximate surface area is 120 Å². The van der Waals surface area contributed by atoms with Gasteiger partial charge in [-0.15, -0.1) is 0 Å². The summed E-state index contributed by atoms with van der Waals surface area (Å²) >= 11 is 0. The van der Waals surface area contributed by atoms with Crippen LogP contribution in [0.3, 0.4) is 0 Å². The highest BCUT2D eigenvalue weighted by atomic mass is 16.4. The Morgan fingerprint density at radius 2 is 2.00 bits per heavy atom. The lowest BCUT2D eigenvalue weighted by Gasteiger charge is -2.07. The maximum absolute atomic E-state index is 6.86. The Morgan fingerprint density at radius 1 is 1.20 bits per heavy atom. The van der Waals surface area contributed by atoms with Gasteiger partial charge in [0.15, 0.2) is 5.89 Å². The van der Waals surface area contributed by atoms with Crippen molar-refractivity contribution in [3.05, 3.63) is 59.4 Å². The molecule has 2 rings (SSSR count). The molecule has 0 saturated heterocycles. The van der Waals surface area contributed by atoms with Gasteiger partial charge in [0.05, 0.1) is 12.8 Å². The van der Waals surface area contributed by atoms with Crippen molar-refractivity contribution in [3.8, 4) is 0 Å². The Bertz CT molecular complexity index is 554. The molecule has 0 aliphatic heterocycles. The van der Waals surface area contributed by atoms with Gasteiger partial charge < -0.3 is 4.42 Å². The third-order valence-corrected chi connectivity index (χ3v) is 3.49. The lowest BCUT2D eigenvalue weighted by Crippen LogP contribution is -1.94. The Balaban J connectivity index is 1.64. The van der Waals surface area contributed by atoms with E-state index in [1.807, 2.05) is 0 Å². The molecule has 0 saturated carbocycles. The van der Waals surface area contributed by atoms with Gasteiger partial charge in [-0.05, 0) is 24.8 Å². The number of rotatable bonds is 7. The molecule has 0 spiro atoms. The van der Waals surface area contributed by atoms with Crippen LogP contribution in [0.15, 0.2) is 40.9 Å². The van der Waals surface area contributed by atoms with Crippen LogP contribution in [0.1, 0.15) is 50.0 Å². The van der Waals surface area contributed by atoms with Crippen molar-refractivity contribution in [2.75, 3.05) is 0 Å². The smallest absolute Gasteiger partial charge is 0.365 e. The van der Waals surface area contributed by atoms with Crippen LogP contribution in [-0.4, -0.2) is 4.98 Å². The average molecular weight is 268 g/mol. The Kier molecular flexibility index (Phi) is 5.37. The summed E-state index contributed by atoms with van der Waals surface area (Å²) in [6.07, 6.45) is 7.33. The highest BCUT2D eigenvalue weighted by molar-refractivity contribution is 5.28. The Hall–Kier alpha value is -2.08. The maximum Gasteiger partial charge on any atom is 0.365 e. The maximum atomic E-state index is 6.86. The zero-order valence-electron chi connectivity index (χ0n) is 11.9. The second-order valence-electron chi connectivity index (χ2n) is 5.13. The number of oxazole rings is 1. The quantitative estimate of drug-likeness (QED) is 0.514. The van der Waals surface area contributed by atoms with Gasteiger partial charge in [-0.3, -0.25) is 0 Å². The lowest BCUT2D eigenvalue weighted by molar-refractivity contribution is 0.447. The summed E-state index contributed by atoms with van der Waals surface area (Å²) in [6.45, 7) is 8.97. The molecule has 0 fully saturated rings. The average Bonchev–Trinajstić information content (AvgIpc) is 2.97. The van der Waals surface area contributed by atoms with Crippen LogP contribution in [-0.2, 0) is 6.42 Å². The zero-order valence-corrected chi connectivity index (χ0v) is 11.9. The van der Waals surface area contributed by atoms with Gasteiger partial charge >= 0.3 is 5.88 Å². The van der Waals surface area contributed by atoms with Crippen molar-refractivity contribution >= 4 is 5.88 Å². The molecule has 104 valence electrons.